The van der Waals surface area contributed by atoms with Crippen molar-refractivity contribution in [3.05, 3.63) is 11.6 Å². The van der Waals surface area contributed by atoms with Crippen molar-refractivity contribution in [2.45, 2.75) is 96.4 Å². The van der Waals surface area contributed by atoms with Gasteiger partial charge >= 0.3 is 11.9 Å². The molecule has 0 aromatic rings. The number of allylic oxidation sites excluding steroid dienone is 1. The molecule has 1 heterocycles. The molecule has 2 N–H and O–H groups in total. The summed E-state index contributed by atoms with van der Waals surface area (Å²) in [7, 11) is 0. The minimum atomic E-state index is -1.07. The predicted molar refractivity (Wildman–Crippen MR) is 113 cm³/mol. The number of fused-ring (bicyclic) bond motifs is 4. The minimum absolute atomic E-state index is 0.0938. The van der Waals surface area contributed by atoms with Crippen molar-refractivity contribution < 1.29 is 29.3 Å². The third kappa shape index (κ3) is 2.52. The first-order chi connectivity index (χ1) is 14.5. The standard InChI is InChI=1S/C25H36O6/c1-5-15(2)19(26)31-17-12-25(29)22(4)9-6-8-21(3,20(27)28)18(22)7-10-23(25)11-16(17)24(13-23)14-30-24/h5,16-18,29H,6-14H2,1-4H3,(H,27,28). The van der Waals surface area contributed by atoms with Gasteiger partial charge in [-0.2, -0.15) is 0 Å². The summed E-state index contributed by atoms with van der Waals surface area (Å²) in [4.78, 5) is 25.0. The molecule has 4 saturated carbocycles. The first-order valence-corrected chi connectivity index (χ1v) is 11.9. The van der Waals surface area contributed by atoms with Crippen molar-refractivity contribution in [2.24, 2.45) is 28.1 Å². The predicted octanol–water partition coefficient (Wildman–Crippen LogP) is 3.86. The lowest BCUT2D eigenvalue weighted by Crippen LogP contribution is -2.70. The Morgan fingerprint density at radius 1 is 1.16 bits per heavy atom. The molecule has 1 aliphatic heterocycles. The normalized spacial score (nSPS) is 52.9. The van der Waals surface area contributed by atoms with Crippen LogP contribution in [0.25, 0.3) is 0 Å². The first-order valence-electron chi connectivity index (χ1n) is 11.9. The number of aliphatic hydroxyl groups is 1. The molecule has 8 atom stereocenters. The molecule has 4 aliphatic carbocycles. The highest BCUT2D eigenvalue weighted by Gasteiger charge is 2.79. The zero-order valence-corrected chi connectivity index (χ0v) is 19.2. The van der Waals surface area contributed by atoms with Gasteiger partial charge in [0, 0.05) is 28.7 Å². The average molecular weight is 433 g/mol. The molecule has 6 heteroatoms. The monoisotopic (exact) mass is 432 g/mol. The van der Waals surface area contributed by atoms with Gasteiger partial charge in [0.05, 0.1) is 23.2 Å². The van der Waals surface area contributed by atoms with E-state index >= 15 is 0 Å². The zero-order chi connectivity index (χ0) is 22.4. The Kier molecular flexibility index (Phi) is 4.39. The number of rotatable bonds is 3. The fourth-order valence-corrected chi connectivity index (χ4v) is 8.62. The fraction of sp³-hybridized carbons (Fsp3) is 0.840. The molecule has 0 radical (unpaired) electrons. The van der Waals surface area contributed by atoms with Gasteiger partial charge in [0.1, 0.15) is 6.10 Å². The summed E-state index contributed by atoms with van der Waals surface area (Å²) in [5.41, 5.74) is -2.43. The summed E-state index contributed by atoms with van der Waals surface area (Å²) in [5, 5.41) is 22.8. The highest BCUT2D eigenvalue weighted by atomic mass is 16.6. The summed E-state index contributed by atoms with van der Waals surface area (Å²) in [5.74, 6) is -1.07. The summed E-state index contributed by atoms with van der Waals surface area (Å²) < 4.78 is 12.0. The molecule has 5 aliphatic rings. The third-order valence-corrected chi connectivity index (χ3v) is 10.6. The van der Waals surface area contributed by atoms with E-state index in [4.69, 9.17) is 9.47 Å². The number of carboxylic acids is 1. The van der Waals surface area contributed by atoms with Crippen LogP contribution in [0.5, 0.6) is 0 Å². The van der Waals surface area contributed by atoms with E-state index in [1.165, 1.54) is 0 Å². The molecule has 8 unspecified atom stereocenters. The van der Waals surface area contributed by atoms with Gasteiger partial charge in [-0.25, -0.2) is 4.79 Å². The molecule has 6 nitrogen and oxygen atoms in total. The smallest absolute Gasteiger partial charge is 0.333 e. The third-order valence-electron chi connectivity index (χ3n) is 10.6. The van der Waals surface area contributed by atoms with E-state index < -0.39 is 28.5 Å². The molecule has 5 fully saturated rings. The van der Waals surface area contributed by atoms with Gasteiger partial charge < -0.3 is 19.7 Å². The summed E-state index contributed by atoms with van der Waals surface area (Å²) in [6.45, 7) is 8.23. The summed E-state index contributed by atoms with van der Waals surface area (Å²) in [6.07, 6.45) is 7.22. The van der Waals surface area contributed by atoms with Crippen molar-refractivity contribution in [3.8, 4) is 0 Å². The summed E-state index contributed by atoms with van der Waals surface area (Å²) >= 11 is 0. The van der Waals surface area contributed by atoms with Crippen LogP contribution in [-0.2, 0) is 19.1 Å². The van der Waals surface area contributed by atoms with Crippen LogP contribution in [0.2, 0.25) is 0 Å². The van der Waals surface area contributed by atoms with E-state index in [2.05, 4.69) is 6.92 Å². The van der Waals surface area contributed by atoms with Crippen LogP contribution in [0, 0.1) is 28.1 Å². The Hall–Kier alpha value is -1.40. The molecule has 31 heavy (non-hydrogen) atoms. The molecule has 172 valence electrons. The minimum Gasteiger partial charge on any atom is -0.481 e. The van der Waals surface area contributed by atoms with Gasteiger partial charge in [-0.3, -0.25) is 4.79 Å². The maximum atomic E-state index is 12.7. The van der Waals surface area contributed by atoms with Gasteiger partial charge in [-0.1, -0.05) is 19.4 Å². The largest absolute Gasteiger partial charge is 0.481 e. The van der Waals surface area contributed by atoms with E-state index in [1.54, 1.807) is 13.0 Å². The van der Waals surface area contributed by atoms with Crippen molar-refractivity contribution >= 4 is 11.9 Å². The van der Waals surface area contributed by atoms with Crippen molar-refractivity contribution in [2.75, 3.05) is 6.61 Å². The Morgan fingerprint density at radius 2 is 1.87 bits per heavy atom. The molecule has 5 rings (SSSR count). The molecule has 2 spiro atoms. The number of carbonyl (C=O) groups is 2. The van der Waals surface area contributed by atoms with Crippen LogP contribution in [0.4, 0.5) is 0 Å². The van der Waals surface area contributed by atoms with Gasteiger partial charge in [-0.05, 0) is 65.2 Å². The van der Waals surface area contributed by atoms with E-state index in [9.17, 15) is 19.8 Å². The lowest BCUT2D eigenvalue weighted by molar-refractivity contribution is -0.274. The van der Waals surface area contributed by atoms with Crippen LogP contribution in [0.1, 0.15) is 79.1 Å². The maximum Gasteiger partial charge on any atom is 0.333 e. The molecule has 0 aromatic heterocycles. The number of hydrogen-bond acceptors (Lipinski definition) is 5. The number of hydrogen-bond donors (Lipinski definition) is 2. The molecule has 2 bridgehead atoms. The van der Waals surface area contributed by atoms with E-state index in [-0.39, 0.29) is 28.8 Å². The number of ether oxygens (including phenoxy) is 2. The topological polar surface area (TPSA) is 96.4 Å². The highest BCUT2D eigenvalue weighted by Crippen LogP contribution is 2.76. The van der Waals surface area contributed by atoms with E-state index in [0.29, 0.717) is 25.0 Å². The fourth-order valence-electron chi connectivity index (χ4n) is 8.62. The van der Waals surface area contributed by atoms with Crippen LogP contribution in [-0.4, -0.2) is 46.1 Å². The lowest BCUT2D eigenvalue weighted by Gasteiger charge is -2.68. The Balaban J connectivity index is 1.57. The van der Waals surface area contributed by atoms with E-state index in [1.807, 2.05) is 13.8 Å². The quantitative estimate of drug-likeness (QED) is 0.399. The Labute approximate surface area is 184 Å². The van der Waals surface area contributed by atoms with Gasteiger partial charge in [0.2, 0.25) is 0 Å². The van der Waals surface area contributed by atoms with Crippen LogP contribution < -0.4 is 0 Å². The van der Waals surface area contributed by atoms with Crippen molar-refractivity contribution in [1.29, 1.82) is 0 Å². The van der Waals surface area contributed by atoms with Crippen LogP contribution >= 0.6 is 0 Å². The maximum absolute atomic E-state index is 12.7. The number of carboxylic acid groups (broad SMARTS) is 1. The van der Waals surface area contributed by atoms with E-state index in [0.717, 1.165) is 38.5 Å². The number of esters is 1. The van der Waals surface area contributed by atoms with Gasteiger partial charge in [0.25, 0.3) is 0 Å². The number of aliphatic carboxylic acids is 1. The molecule has 0 amide bonds. The Bertz CT molecular complexity index is 860. The summed E-state index contributed by atoms with van der Waals surface area (Å²) in [6, 6.07) is 0. The SMILES string of the molecule is CC=C(C)C(=O)OC1CC2(O)C3(CCC4C(C)(C(=O)O)CCCC42C)CC1C1(CO1)C3. The zero-order valence-electron chi connectivity index (χ0n) is 19.2. The molecular weight excluding hydrogens is 396 g/mol. The lowest BCUT2D eigenvalue weighted by atomic mass is 9.38. The second kappa shape index (κ2) is 6.34. The number of epoxide rings is 1. The van der Waals surface area contributed by atoms with Crippen LogP contribution in [0.15, 0.2) is 11.6 Å². The Morgan fingerprint density at radius 3 is 2.48 bits per heavy atom. The van der Waals surface area contributed by atoms with Crippen LogP contribution in [0.3, 0.4) is 0 Å². The van der Waals surface area contributed by atoms with Crippen molar-refractivity contribution in [3.63, 3.8) is 0 Å². The number of carbonyl (C=O) groups excluding carboxylic acids is 1. The second-order valence-electron chi connectivity index (χ2n) is 11.7. The van der Waals surface area contributed by atoms with Crippen molar-refractivity contribution in [1.82, 2.24) is 0 Å². The molecule has 1 saturated heterocycles. The first kappa shape index (κ1) is 21.4. The molecule has 0 aromatic carbocycles. The second-order valence-corrected chi connectivity index (χ2v) is 11.7. The average Bonchev–Trinajstić information content (AvgIpc) is 3.41. The molecular formula is C25H36O6. The highest BCUT2D eigenvalue weighted by molar-refractivity contribution is 5.87. The van der Waals surface area contributed by atoms with Gasteiger partial charge in [-0.15, -0.1) is 0 Å². The van der Waals surface area contributed by atoms with Gasteiger partial charge in [0.15, 0.2) is 0 Å².